The van der Waals surface area contributed by atoms with E-state index in [4.69, 9.17) is 15.7 Å². The first-order chi connectivity index (χ1) is 9.76. The normalized spacial score (nSPS) is 25.9. The van der Waals surface area contributed by atoms with Crippen LogP contribution in [0.1, 0.15) is 18.4 Å². The Morgan fingerprint density at radius 3 is 3.30 bits per heavy atom. The minimum Gasteiger partial charge on any atom is -0.396 e. The van der Waals surface area contributed by atoms with Gasteiger partial charge in [-0.05, 0) is 25.5 Å². The summed E-state index contributed by atoms with van der Waals surface area (Å²) in [4.78, 5) is 6.68. The number of ether oxygens (including phenoxy) is 1. The summed E-state index contributed by atoms with van der Waals surface area (Å²) >= 11 is 0. The number of nitrogens with one attached hydrogen (secondary N) is 1. The van der Waals surface area contributed by atoms with E-state index in [1.807, 2.05) is 6.07 Å². The van der Waals surface area contributed by atoms with Crippen LogP contribution < -0.4 is 11.1 Å². The van der Waals surface area contributed by atoms with Gasteiger partial charge in [-0.1, -0.05) is 0 Å². The van der Waals surface area contributed by atoms with Crippen LogP contribution in [0.25, 0.3) is 0 Å². The summed E-state index contributed by atoms with van der Waals surface area (Å²) in [5.41, 5.74) is 6.84. The maximum absolute atomic E-state index is 8.78. The number of hydrogen-bond acceptors (Lipinski definition) is 6. The quantitative estimate of drug-likeness (QED) is 0.847. The van der Waals surface area contributed by atoms with Crippen LogP contribution in [0, 0.1) is 11.3 Å². The van der Waals surface area contributed by atoms with E-state index in [1.165, 1.54) is 25.6 Å². The fourth-order valence-corrected chi connectivity index (χ4v) is 2.91. The maximum Gasteiger partial charge on any atom is 0.149 e. The third kappa shape index (κ3) is 2.69. The third-order valence-electron chi connectivity index (χ3n) is 4.00. The SMILES string of the molecule is N#Cc1cnc(NCC2CN3CCCC3CO2)c(N)c1. The van der Waals surface area contributed by atoms with Gasteiger partial charge in [-0.3, -0.25) is 4.90 Å². The van der Waals surface area contributed by atoms with E-state index < -0.39 is 0 Å². The average Bonchev–Trinajstić information content (AvgIpc) is 2.93. The molecule has 2 aliphatic rings. The van der Waals surface area contributed by atoms with Gasteiger partial charge in [-0.2, -0.15) is 5.26 Å². The predicted molar refractivity (Wildman–Crippen MR) is 76.2 cm³/mol. The highest BCUT2D eigenvalue weighted by Crippen LogP contribution is 2.23. The summed E-state index contributed by atoms with van der Waals surface area (Å²) in [7, 11) is 0. The lowest BCUT2D eigenvalue weighted by Gasteiger charge is -2.35. The second kappa shape index (κ2) is 5.65. The average molecular weight is 273 g/mol. The van der Waals surface area contributed by atoms with Gasteiger partial charge in [0, 0.05) is 25.3 Å². The molecule has 1 aromatic rings. The van der Waals surface area contributed by atoms with Crippen molar-refractivity contribution in [3.63, 3.8) is 0 Å². The van der Waals surface area contributed by atoms with Crippen molar-refractivity contribution in [3.05, 3.63) is 17.8 Å². The van der Waals surface area contributed by atoms with Crippen molar-refractivity contribution in [2.75, 3.05) is 37.3 Å². The fraction of sp³-hybridized carbons (Fsp3) is 0.571. The van der Waals surface area contributed by atoms with E-state index in [1.54, 1.807) is 6.07 Å². The van der Waals surface area contributed by atoms with E-state index in [0.29, 0.717) is 29.7 Å². The van der Waals surface area contributed by atoms with Gasteiger partial charge in [0.2, 0.25) is 0 Å². The van der Waals surface area contributed by atoms with Crippen molar-refractivity contribution < 1.29 is 4.74 Å². The number of anilines is 2. The van der Waals surface area contributed by atoms with Gasteiger partial charge in [0.15, 0.2) is 0 Å². The molecular formula is C14H19N5O. The predicted octanol–water partition coefficient (Wildman–Crippen LogP) is 0.811. The molecule has 2 aliphatic heterocycles. The smallest absolute Gasteiger partial charge is 0.149 e. The first-order valence-corrected chi connectivity index (χ1v) is 7.01. The molecule has 6 nitrogen and oxygen atoms in total. The van der Waals surface area contributed by atoms with Crippen LogP contribution in [0.4, 0.5) is 11.5 Å². The molecule has 0 radical (unpaired) electrons. The molecule has 1 aromatic heterocycles. The molecule has 0 amide bonds. The maximum atomic E-state index is 8.78. The highest BCUT2D eigenvalue weighted by molar-refractivity contribution is 5.63. The van der Waals surface area contributed by atoms with Crippen LogP contribution in [0.2, 0.25) is 0 Å². The summed E-state index contributed by atoms with van der Waals surface area (Å²) in [6.07, 6.45) is 4.22. The number of hydrogen-bond donors (Lipinski definition) is 2. The number of aromatic nitrogens is 1. The molecular weight excluding hydrogens is 254 g/mol. The molecule has 20 heavy (non-hydrogen) atoms. The molecule has 6 heteroatoms. The van der Waals surface area contributed by atoms with E-state index in [-0.39, 0.29) is 6.10 Å². The Morgan fingerprint density at radius 2 is 2.50 bits per heavy atom. The van der Waals surface area contributed by atoms with Gasteiger partial charge in [-0.15, -0.1) is 0 Å². The van der Waals surface area contributed by atoms with E-state index >= 15 is 0 Å². The number of pyridine rings is 1. The van der Waals surface area contributed by atoms with Crippen LogP contribution in [-0.2, 0) is 4.74 Å². The lowest BCUT2D eigenvalue weighted by atomic mass is 10.2. The number of fused-ring (bicyclic) bond motifs is 1. The van der Waals surface area contributed by atoms with E-state index in [2.05, 4.69) is 15.2 Å². The molecule has 2 saturated heterocycles. The Hall–Kier alpha value is -1.84. The zero-order valence-corrected chi connectivity index (χ0v) is 11.4. The Labute approximate surface area is 118 Å². The number of nitriles is 1. The fourth-order valence-electron chi connectivity index (χ4n) is 2.91. The molecule has 3 rings (SSSR count). The zero-order valence-electron chi connectivity index (χ0n) is 11.4. The Bertz CT molecular complexity index is 527. The van der Waals surface area contributed by atoms with Crippen molar-refractivity contribution in [1.82, 2.24) is 9.88 Å². The van der Waals surface area contributed by atoms with E-state index in [0.717, 1.165) is 13.2 Å². The molecule has 0 saturated carbocycles. The Morgan fingerprint density at radius 1 is 1.60 bits per heavy atom. The summed E-state index contributed by atoms with van der Waals surface area (Å²) in [6.45, 7) is 3.66. The van der Waals surface area contributed by atoms with Crippen molar-refractivity contribution in [1.29, 1.82) is 5.26 Å². The summed E-state index contributed by atoms with van der Waals surface area (Å²) in [6, 6.07) is 4.27. The zero-order chi connectivity index (χ0) is 13.9. The van der Waals surface area contributed by atoms with Crippen LogP contribution in [0.5, 0.6) is 0 Å². The molecule has 0 bridgehead atoms. The molecule has 2 atom stereocenters. The number of rotatable bonds is 3. The van der Waals surface area contributed by atoms with Gasteiger partial charge >= 0.3 is 0 Å². The molecule has 0 aromatic carbocycles. The standard InChI is InChI=1S/C14H19N5O/c15-5-10-4-13(16)14(17-6-10)18-7-12-8-19-3-1-2-11(19)9-20-12/h4,6,11-12H,1-3,7-9,16H2,(H,17,18). The van der Waals surface area contributed by atoms with Gasteiger partial charge < -0.3 is 15.8 Å². The molecule has 2 unspecified atom stereocenters. The van der Waals surface area contributed by atoms with Gasteiger partial charge in [0.1, 0.15) is 11.9 Å². The van der Waals surface area contributed by atoms with Crippen molar-refractivity contribution in [3.8, 4) is 6.07 Å². The van der Waals surface area contributed by atoms with Crippen LogP contribution in [0.3, 0.4) is 0 Å². The summed E-state index contributed by atoms with van der Waals surface area (Å²) in [5.74, 6) is 0.621. The van der Waals surface area contributed by atoms with Gasteiger partial charge in [0.05, 0.1) is 24.0 Å². The topological polar surface area (TPSA) is 87.2 Å². The first-order valence-electron chi connectivity index (χ1n) is 7.01. The van der Waals surface area contributed by atoms with Crippen molar-refractivity contribution in [2.24, 2.45) is 0 Å². The summed E-state index contributed by atoms with van der Waals surface area (Å²) < 4.78 is 5.87. The van der Waals surface area contributed by atoms with Crippen LogP contribution in [0.15, 0.2) is 12.3 Å². The number of nitrogens with zero attached hydrogens (tertiary/aromatic N) is 3. The number of nitrogen functional groups attached to an aromatic ring is 1. The molecule has 3 N–H and O–H groups in total. The van der Waals surface area contributed by atoms with Crippen LogP contribution >= 0.6 is 0 Å². The number of morpholine rings is 1. The Balaban J connectivity index is 1.56. The third-order valence-corrected chi connectivity index (χ3v) is 4.00. The lowest BCUT2D eigenvalue weighted by molar-refractivity contribution is -0.0415. The molecule has 3 heterocycles. The lowest BCUT2D eigenvalue weighted by Crippen LogP contribution is -2.48. The largest absolute Gasteiger partial charge is 0.396 e. The number of nitrogens with two attached hydrogens (primary N) is 1. The minimum absolute atomic E-state index is 0.168. The second-order valence-electron chi connectivity index (χ2n) is 5.40. The van der Waals surface area contributed by atoms with Gasteiger partial charge in [0.25, 0.3) is 0 Å². The molecule has 106 valence electrons. The monoisotopic (exact) mass is 273 g/mol. The highest BCUT2D eigenvalue weighted by atomic mass is 16.5. The van der Waals surface area contributed by atoms with Crippen molar-refractivity contribution >= 4 is 11.5 Å². The minimum atomic E-state index is 0.168. The van der Waals surface area contributed by atoms with E-state index in [9.17, 15) is 0 Å². The second-order valence-corrected chi connectivity index (χ2v) is 5.40. The summed E-state index contributed by atoms with van der Waals surface area (Å²) in [5, 5.41) is 12.0. The Kier molecular flexibility index (Phi) is 3.72. The van der Waals surface area contributed by atoms with Crippen molar-refractivity contribution in [2.45, 2.75) is 25.0 Å². The highest BCUT2D eigenvalue weighted by Gasteiger charge is 2.32. The van der Waals surface area contributed by atoms with Crippen LogP contribution in [-0.4, -0.2) is 48.3 Å². The first kappa shape index (κ1) is 13.2. The molecule has 0 aliphatic carbocycles. The van der Waals surface area contributed by atoms with Gasteiger partial charge in [-0.25, -0.2) is 4.98 Å². The molecule has 0 spiro atoms. The molecule has 2 fully saturated rings.